The number of nitrogens with zero attached hydrogens (tertiary/aromatic N) is 4. The molecule has 12 heteroatoms. The molecule has 54 heavy (non-hydrogen) atoms. The second-order valence-corrected chi connectivity index (χ2v) is 13.0. The van der Waals surface area contributed by atoms with Crippen LogP contribution in [0.1, 0.15) is 57.2 Å². The van der Waals surface area contributed by atoms with Crippen molar-refractivity contribution in [2.75, 3.05) is 0 Å². The second kappa shape index (κ2) is 17.4. The summed E-state index contributed by atoms with van der Waals surface area (Å²) in [5, 5.41) is 17.4. The van der Waals surface area contributed by atoms with Crippen molar-refractivity contribution in [1.82, 2.24) is 9.97 Å². The van der Waals surface area contributed by atoms with Gasteiger partial charge in [-0.3, -0.25) is 19.6 Å². The number of ether oxygens (including phenoxy) is 2. The van der Waals surface area contributed by atoms with Crippen LogP contribution in [0.4, 0.5) is 11.4 Å². The minimum absolute atomic E-state index is 0.0417. The molecule has 0 aliphatic carbocycles. The lowest BCUT2D eigenvalue weighted by molar-refractivity contribution is 0.0835. The molecule has 4 aromatic carbocycles. The van der Waals surface area contributed by atoms with E-state index in [1.807, 2.05) is 84.9 Å². The zero-order valence-corrected chi connectivity index (χ0v) is 30.1. The van der Waals surface area contributed by atoms with E-state index in [0.717, 1.165) is 27.0 Å². The molecule has 4 heterocycles. The summed E-state index contributed by atoms with van der Waals surface area (Å²) in [5.74, 6) is 1.34. The number of hydrogen-bond donors (Lipinski definition) is 2. The molecule has 10 nitrogen and oxygen atoms in total. The molecule has 2 atom stereocenters. The normalized spacial score (nSPS) is 15.1. The first kappa shape index (κ1) is 37.3. The molecule has 264 valence electrons. The highest BCUT2D eigenvalue weighted by molar-refractivity contribution is 9.10. The first-order valence-electron chi connectivity index (χ1n) is 16.7. The van der Waals surface area contributed by atoms with E-state index >= 15 is 0 Å². The summed E-state index contributed by atoms with van der Waals surface area (Å²) in [5.41, 5.74) is 5.92. The molecule has 6 aromatic rings. The maximum atomic E-state index is 12.6. The van der Waals surface area contributed by atoms with Crippen LogP contribution in [0, 0.1) is 13.1 Å². The molecule has 0 radical (unpaired) electrons. The van der Waals surface area contributed by atoms with Crippen LogP contribution in [0.2, 0.25) is 0 Å². The van der Waals surface area contributed by atoms with Crippen LogP contribution in [0.15, 0.2) is 138 Å². The monoisotopic (exact) mass is 776 g/mol. The first-order chi connectivity index (χ1) is 26.2. The SMILES string of the molecule is O=C1CC(c2ccccn2)Oc2ccc(Br)cc21.[C-]#[N+]c1cccc(-c2ccc3c(c2)C(=O)CC(c2ccccn2)O3)c1.[C-]#[N+]c1cccc(B(O)O)c1. The number of aromatic nitrogens is 2. The van der Waals surface area contributed by atoms with Crippen LogP contribution in [-0.4, -0.2) is 38.7 Å². The third-order valence-corrected chi connectivity index (χ3v) is 8.94. The number of benzene rings is 4. The van der Waals surface area contributed by atoms with E-state index in [2.05, 4.69) is 35.6 Å². The summed E-state index contributed by atoms with van der Waals surface area (Å²) < 4.78 is 12.7. The van der Waals surface area contributed by atoms with Gasteiger partial charge in [-0.2, -0.15) is 0 Å². The summed E-state index contributed by atoms with van der Waals surface area (Å²) in [7, 11) is -1.49. The Morgan fingerprint density at radius 2 is 1.17 bits per heavy atom. The standard InChI is InChI=1S/C21H14N2O2.C14H10BrNO2.C7H6BNO2/c1-22-16-6-4-5-14(11-16)15-8-9-20-17(12-15)19(24)13-21(25-20)18-7-2-3-10-23-18;15-9-4-5-13-10(7-9)12(17)8-14(18-13)11-3-1-2-6-16-11;1-9-7-4-2-3-6(5-7)8(10)11/h2-12,21H,13H2;1-7,14H,8H2;2-5,10-11H. The van der Waals surface area contributed by atoms with Gasteiger partial charge < -0.3 is 19.5 Å². The Morgan fingerprint density at radius 1 is 0.630 bits per heavy atom. The third kappa shape index (κ3) is 9.13. The van der Waals surface area contributed by atoms with Crippen molar-refractivity contribution in [3.8, 4) is 22.6 Å². The average Bonchev–Trinajstić information content (AvgIpc) is 3.22. The number of ketones is 2. The van der Waals surface area contributed by atoms with Gasteiger partial charge >= 0.3 is 7.12 Å². The molecule has 0 saturated carbocycles. The molecule has 0 bridgehead atoms. The number of carbonyl (C=O) groups is 2. The van der Waals surface area contributed by atoms with Crippen LogP contribution in [-0.2, 0) is 0 Å². The zero-order valence-electron chi connectivity index (χ0n) is 28.5. The van der Waals surface area contributed by atoms with E-state index in [1.54, 1.807) is 42.7 Å². The van der Waals surface area contributed by atoms with Crippen LogP contribution >= 0.6 is 15.9 Å². The molecule has 8 rings (SSSR count). The molecule has 0 amide bonds. The Morgan fingerprint density at radius 3 is 1.72 bits per heavy atom. The highest BCUT2D eigenvalue weighted by Gasteiger charge is 2.29. The lowest BCUT2D eigenvalue weighted by Gasteiger charge is -2.25. The summed E-state index contributed by atoms with van der Waals surface area (Å²) >= 11 is 3.36. The quantitative estimate of drug-likeness (QED) is 0.135. The van der Waals surface area contributed by atoms with Gasteiger partial charge in [0.05, 0.1) is 48.5 Å². The number of fused-ring (bicyclic) bond motifs is 2. The molecule has 2 aromatic heterocycles. The Kier molecular flexibility index (Phi) is 12.0. The van der Waals surface area contributed by atoms with E-state index in [0.29, 0.717) is 45.9 Å². The van der Waals surface area contributed by atoms with Gasteiger partial charge in [0.25, 0.3) is 0 Å². The smallest absolute Gasteiger partial charge is 0.483 e. The summed E-state index contributed by atoms with van der Waals surface area (Å²) in [6.07, 6.45) is 3.38. The Bertz CT molecular complexity index is 2380. The minimum Gasteiger partial charge on any atom is -0.483 e. The Labute approximate surface area is 320 Å². The summed E-state index contributed by atoms with van der Waals surface area (Å²) in [6.45, 7) is 13.8. The Balaban J connectivity index is 0.000000150. The lowest BCUT2D eigenvalue weighted by atomic mass is 9.80. The van der Waals surface area contributed by atoms with Crippen molar-refractivity contribution in [3.05, 3.63) is 184 Å². The van der Waals surface area contributed by atoms with Crippen molar-refractivity contribution in [2.45, 2.75) is 25.0 Å². The molecular weight excluding hydrogens is 747 g/mol. The van der Waals surface area contributed by atoms with E-state index in [9.17, 15) is 9.59 Å². The number of halogens is 1. The topological polar surface area (TPSA) is 128 Å². The van der Waals surface area contributed by atoms with Crippen molar-refractivity contribution >= 4 is 51.5 Å². The third-order valence-electron chi connectivity index (χ3n) is 8.44. The molecule has 2 aliphatic rings. The van der Waals surface area contributed by atoms with E-state index < -0.39 is 7.12 Å². The predicted octanol–water partition coefficient (Wildman–Crippen LogP) is 8.47. The van der Waals surface area contributed by atoms with Crippen molar-refractivity contribution in [1.29, 1.82) is 0 Å². The molecule has 0 spiro atoms. The van der Waals surface area contributed by atoms with Gasteiger partial charge in [0.1, 0.15) is 23.7 Å². The highest BCUT2D eigenvalue weighted by atomic mass is 79.9. The predicted molar refractivity (Wildman–Crippen MR) is 208 cm³/mol. The largest absolute Gasteiger partial charge is 0.487 e. The molecule has 2 N–H and O–H groups in total. The molecule has 0 fully saturated rings. The van der Waals surface area contributed by atoms with Gasteiger partial charge in [-0.25, -0.2) is 9.69 Å². The molecule has 0 saturated heterocycles. The molecule has 2 aliphatic heterocycles. The van der Waals surface area contributed by atoms with E-state index in [4.69, 9.17) is 32.7 Å². The van der Waals surface area contributed by atoms with Crippen molar-refractivity contribution in [2.24, 2.45) is 0 Å². The number of carbonyl (C=O) groups excluding carboxylic acids is 2. The van der Waals surface area contributed by atoms with Gasteiger partial charge in [-0.1, -0.05) is 76.6 Å². The van der Waals surface area contributed by atoms with Gasteiger partial charge in [-0.15, -0.1) is 0 Å². The van der Waals surface area contributed by atoms with E-state index in [1.165, 1.54) is 6.07 Å². The minimum atomic E-state index is -1.49. The van der Waals surface area contributed by atoms with Crippen molar-refractivity contribution < 1.29 is 29.1 Å². The van der Waals surface area contributed by atoms with Crippen LogP contribution in [0.3, 0.4) is 0 Å². The maximum Gasteiger partial charge on any atom is 0.487 e. The van der Waals surface area contributed by atoms with Gasteiger partial charge in [0.15, 0.2) is 22.9 Å². The Hall–Kier alpha value is -6.44. The second-order valence-electron chi connectivity index (χ2n) is 12.1. The van der Waals surface area contributed by atoms with Gasteiger partial charge in [0, 0.05) is 16.9 Å². The number of pyridine rings is 2. The number of Topliss-reactive ketones (excluding diaryl/α,β-unsaturated/α-hetero) is 2. The molecular formula is C42H30BBrN4O6. The highest BCUT2D eigenvalue weighted by Crippen LogP contribution is 2.38. The fourth-order valence-corrected chi connectivity index (χ4v) is 6.13. The molecule has 2 unspecified atom stereocenters. The maximum absolute atomic E-state index is 12.6. The van der Waals surface area contributed by atoms with Crippen LogP contribution in [0.5, 0.6) is 11.5 Å². The van der Waals surface area contributed by atoms with Crippen molar-refractivity contribution in [3.63, 3.8) is 0 Å². The lowest BCUT2D eigenvalue weighted by Crippen LogP contribution is -2.29. The summed E-state index contributed by atoms with van der Waals surface area (Å²) in [6, 6.07) is 35.8. The van der Waals surface area contributed by atoms with Crippen LogP contribution < -0.4 is 14.9 Å². The zero-order chi connectivity index (χ0) is 38.0. The fourth-order valence-electron chi connectivity index (χ4n) is 5.77. The van der Waals surface area contributed by atoms with Gasteiger partial charge in [-0.05, 0) is 77.3 Å². The first-order valence-corrected chi connectivity index (χ1v) is 17.5. The number of hydrogen-bond acceptors (Lipinski definition) is 8. The van der Waals surface area contributed by atoms with Crippen LogP contribution in [0.25, 0.3) is 20.8 Å². The number of rotatable bonds is 4. The van der Waals surface area contributed by atoms with Gasteiger partial charge in [0.2, 0.25) is 0 Å². The fraction of sp³-hybridized carbons (Fsp3) is 0.0952. The average molecular weight is 777 g/mol. The van der Waals surface area contributed by atoms with E-state index in [-0.39, 0.29) is 30.2 Å². The summed E-state index contributed by atoms with van der Waals surface area (Å²) in [4.78, 5) is 39.8.